The van der Waals surface area contributed by atoms with Gasteiger partial charge in [-0.2, -0.15) is 5.10 Å². The second kappa shape index (κ2) is 5.25. The molecule has 0 aromatic carbocycles. The van der Waals surface area contributed by atoms with Crippen molar-refractivity contribution in [2.45, 2.75) is 63.6 Å². The summed E-state index contributed by atoms with van der Waals surface area (Å²) in [6, 6.07) is 2.76. The van der Waals surface area contributed by atoms with Crippen LogP contribution in [0.15, 0.2) is 12.3 Å². The molecule has 2 fully saturated rings. The topological polar surface area (TPSA) is 41.3 Å². The fraction of sp³-hybridized carbons (Fsp3) is 0.800. The Labute approximate surface area is 115 Å². The van der Waals surface area contributed by atoms with Crippen molar-refractivity contribution >= 4 is 0 Å². The van der Waals surface area contributed by atoms with Gasteiger partial charge in [0, 0.05) is 19.3 Å². The number of likely N-dealkylation sites (tertiary alicyclic amines) is 1. The first-order valence-electron chi connectivity index (χ1n) is 7.61. The van der Waals surface area contributed by atoms with Crippen LogP contribution in [0, 0.1) is 0 Å². The first kappa shape index (κ1) is 13.1. The number of nitrogens with zero attached hydrogens (tertiary/aromatic N) is 3. The molecule has 1 aliphatic carbocycles. The molecule has 19 heavy (non-hydrogen) atoms. The van der Waals surface area contributed by atoms with Crippen LogP contribution in [0.1, 0.15) is 57.2 Å². The van der Waals surface area contributed by atoms with E-state index in [2.05, 4.69) is 21.8 Å². The van der Waals surface area contributed by atoms with Gasteiger partial charge in [-0.05, 0) is 45.2 Å². The Kier molecular flexibility index (Phi) is 3.63. The summed E-state index contributed by atoms with van der Waals surface area (Å²) in [6.45, 7) is 4.65. The molecule has 0 amide bonds. The van der Waals surface area contributed by atoms with Crippen LogP contribution in [0.3, 0.4) is 0 Å². The lowest BCUT2D eigenvalue weighted by atomic mass is 9.95. The monoisotopic (exact) mass is 263 g/mol. The standard InChI is InChI=1S/C15H25N3O/c1-15(19)8-4-9-17(12-15)11-13-7-10-18(16-13)14-5-2-3-6-14/h7,10,14,19H,2-6,8-9,11-12H2,1H3. The Morgan fingerprint density at radius 3 is 2.89 bits per heavy atom. The van der Waals surface area contributed by atoms with Gasteiger partial charge >= 0.3 is 0 Å². The van der Waals surface area contributed by atoms with E-state index < -0.39 is 5.60 Å². The Bertz CT molecular complexity index is 421. The van der Waals surface area contributed by atoms with Crippen LogP contribution in [-0.2, 0) is 6.54 Å². The Morgan fingerprint density at radius 1 is 1.37 bits per heavy atom. The highest BCUT2D eigenvalue weighted by Gasteiger charge is 2.28. The largest absolute Gasteiger partial charge is 0.389 e. The molecule has 1 N–H and O–H groups in total. The summed E-state index contributed by atoms with van der Waals surface area (Å²) in [4.78, 5) is 2.32. The molecule has 1 aromatic rings. The van der Waals surface area contributed by atoms with Gasteiger partial charge in [0.05, 0.1) is 17.3 Å². The highest BCUT2D eigenvalue weighted by Crippen LogP contribution is 2.29. The van der Waals surface area contributed by atoms with E-state index in [0.29, 0.717) is 6.04 Å². The van der Waals surface area contributed by atoms with Gasteiger partial charge in [-0.3, -0.25) is 9.58 Å². The minimum absolute atomic E-state index is 0.522. The van der Waals surface area contributed by atoms with Crippen molar-refractivity contribution in [1.29, 1.82) is 0 Å². The molecular weight excluding hydrogens is 238 g/mol. The first-order chi connectivity index (χ1) is 9.12. The second-order valence-corrected chi connectivity index (χ2v) is 6.54. The zero-order chi connectivity index (χ0) is 13.3. The lowest BCUT2D eigenvalue weighted by molar-refractivity contribution is -0.0185. The number of β-amino-alcohol motifs (C(OH)–C–C–N with tert-alkyl or cyclic N) is 1. The Balaban J connectivity index is 1.60. The molecule has 4 heteroatoms. The molecule has 0 bridgehead atoms. The van der Waals surface area contributed by atoms with E-state index in [1.165, 1.54) is 25.7 Å². The van der Waals surface area contributed by atoms with Gasteiger partial charge in [-0.25, -0.2) is 0 Å². The van der Waals surface area contributed by atoms with Gasteiger partial charge in [0.15, 0.2) is 0 Å². The minimum atomic E-state index is -0.522. The maximum absolute atomic E-state index is 10.1. The SMILES string of the molecule is CC1(O)CCCN(Cc2ccn(C3CCCC3)n2)C1. The molecule has 2 aliphatic rings. The first-order valence-corrected chi connectivity index (χ1v) is 7.61. The number of hydrogen-bond donors (Lipinski definition) is 1. The third kappa shape index (κ3) is 3.18. The van der Waals surface area contributed by atoms with Gasteiger partial charge < -0.3 is 5.11 Å². The van der Waals surface area contributed by atoms with E-state index in [1.807, 2.05) is 6.92 Å². The number of piperidine rings is 1. The summed E-state index contributed by atoms with van der Waals surface area (Å²) in [5.41, 5.74) is 0.622. The number of aromatic nitrogens is 2. The highest BCUT2D eigenvalue weighted by molar-refractivity contribution is 5.01. The van der Waals surface area contributed by atoms with Crippen molar-refractivity contribution < 1.29 is 5.11 Å². The zero-order valence-corrected chi connectivity index (χ0v) is 11.9. The van der Waals surface area contributed by atoms with Gasteiger partial charge in [0.25, 0.3) is 0 Å². The molecule has 4 nitrogen and oxygen atoms in total. The molecule has 2 heterocycles. The third-order valence-corrected chi connectivity index (χ3v) is 4.50. The summed E-state index contributed by atoms with van der Waals surface area (Å²) in [7, 11) is 0. The molecule has 106 valence electrons. The zero-order valence-electron chi connectivity index (χ0n) is 11.9. The minimum Gasteiger partial charge on any atom is -0.389 e. The quantitative estimate of drug-likeness (QED) is 0.910. The van der Waals surface area contributed by atoms with E-state index in [1.54, 1.807) is 0 Å². The average molecular weight is 263 g/mol. The Morgan fingerprint density at radius 2 is 2.16 bits per heavy atom. The van der Waals surface area contributed by atoms with Gasteiger partial charge in [-0.15, -0.1) is 0 Å². The van der Waals surface area contributed by atoms with Crippen molar-refractivity contribution in [2.75, 3.05) is 13.1 Å². The molecular formula is C15H25N3O. The molecule has 1 saturated heterocycles. The van der Waals surface area contributed by atoms with E-state index in [4.69, 9.17) is 5.10 Å². The van der Waals surface area contributed by atoms with Crippen LogP contribution in [0.5, 0.6) is 0 Å². The van der Waals surface area contributed by atoms with Crippen LogP contribution >= 0.6 is 0 Å². The van der Waals surface area contributed by atoms with Gasteiger partial charge in [-0.1, -0.05) is 12.8 Å². The molecule has 1 unspecified atom stereocenters. The summed E-state index contributed by atoms with van der Waals surface area (Å²) in [6.07, 6.45) is 9.37. The van der Waals surface area contributed by atoms with Crippen LogP contribution in [0.2, 0.25) is 0 Å². The number of hydrogen-bond acceptors (Lipinski definition) is 3. The molecule has 1 aromatic heterocycles. The molecule has 1 saturated carbocycles. The smallest absolute Gasteiger partial charge is 0.0764 e. The predicted octanol–water partition coefficient (Wildman–Crippen LogP) is 2.35. The average Bonchev–Trinajstić information content (AvgIpc) is 2.96. The molecule has 3 rings (SSSR count). The van der Waals surface area contributed by atoms with Crippen LogP contribution in [-0.4, -0.2) is 38.5 Å². The summed E-state index contributed by atoms with van der Waals surface area (Å²) in [5.74, 6) is 0. The maximum atomic E-state index is 10.1. The fourth-order valence-corrected chi connectivity index (χ4v) is 3.52. The van der Waals surface area contributed by atoms with Crippen molar-refractivity contribution in [3.63, 3.8) is 0 Å². The lowest BCUT2D eigenvalue weighted by Gasteiger charge is -2.36. The Hall–Kier alpha value is -0.870. The van der Waals surface area contributed by atoms with Gasteiger partial charge in [0.2, 0.25) is 0 Å². The second-order valence-electron chi connectivity index (χ2n) is 6.54. The molecule has 1 atom stereocenters. The van der Waals surface area contributed by atoms with Gasteiger partial charge in [0.1, 0.15) is 0 Å². The van der Waals surface area contributed by atoms with E-state index in [0.717, 1.165) is 38.2 Å². The van der Waals surface area contributed by atoms with E-state index in [-0.39, 0.29) is 0 Å². The van der Waals surface area contributed by atoms with Crippen LogP contribution in [0.25, 0.3) is 0 Å². The maximum Gasteiger partial charge on any atom is 0.0764 e. The summed E-state index contributed by atoms with van der Waals surface area (Å²) >= 11 is 0. The van der Waals surface area contributed by atoms with Crippen LogP contribution in [0.4, 0.5) is 0 Å². The summed E-state index contributed by atoms with van der Waals surface area (Å²) < 4.78 is 2.16. The lowest BCUT2D eigenvalue weighted by Crippen LogP contribution is -2.45. The van der Waals surface area contributed by atoms with Crippen molar-refractivity contribution in [3.05, 3.63) is 18.0 Å². The normalized spacial score (nSPS) is 30.0. The number of rotatable bonds is 3. The van der Waals surface area contributed by atoms with Crippen molar-refractivity contribution in [2.24, 2.45) is 0 Å². The predicted molar refractivity (Wildman–Crippen MR) is 74.9 cm³/mol. The third-order valence-electron chi connectivity index (χ3n) is 4.50. The molecule has 0 radical (unpaired) electrons. The number of aliphatic hydroxyl groups is 1. The fourth-order valence-electron chi connectivity index (χ4n) is 3.52. The van der Waals surface area contributed by atoms with Crippen molar-refractivity contribution in [3.8, 4) is 0 Å². The highest BCUT2D eigenvalue weighted by atomic mass is 16.3. The molecule has 1 aliphatic heterocycles. The van der Waals surface area contributed by atoms with Crippen molar-refractivity contribution in [1.82, 2.24) is 14.7 Å². The molecule has 0 spiro atoms. The van der Waals surface area contributed by atoms with E-state index >= 15 is 0 Å². The summed E-state index contributed by atoms with van der Waals surface area (Å²) in [5, 5.41) is 14.9. The van der Waals surface area contributed by atoms with E-state index in [9.17, 15) is 5.11 Å². The van der Waals surface area contributed by atoms with Crippen LogP contribution < -0.4 is 0 Å².